The lowest BCUT2D eigenvalue weighted by Gasteiger charge is -2.13. The van der Waals surface area contributed by atoms with Gasteiger partial charge in [0.25, 0.3) is 0 Å². The maximum atomic E-state index is 14.0. The van der Waals surface area contributed by atoms with Gasteiger partial charge < -0.3 is 0 Å². The fourth-order valence-electron chi connectivity index (χ4n) is 3.31. The molecular weight excluding hydrogens is 399 g/mol. The number of nitrogens with one attached hydrogen (secondary N) is 3. The predicted molar refractivity (Wildman–Crippen MR) is 106 cm³/mol. The summed E-state index contributed by atoms with van der Waals surface area (Å²) in [5.41, 5.74) is 1.68. The van der Waals surface area contributed by atoms with Crippen molar-refractivity contribution in [1.82, 2.24) is 20.0 Å². The average Bonchev–Trinajstić information content (AvgIpc) is 3.37. The van der Waals surface area contributed by atoms with Gasteiger partial charge in [-0.3, -0.25) is 15.7 Å². The van der Waals surface area contributed by atoms with E-state index in [0.717, 1.165) is 5.56 Å². The first kappa shape index (κ1) is 19.1. The molecule has 2 amide bonds. The van der Waals surface area contributed by atoms with E-state index in [1.54, 1.807) is 18.2 Å². The third-order valence-electron chi connectivity index (χ3n) is 4.70. The van der Waals surface area contributed by atoms with Crippen molar-refractivity contribution >= 4 is 27.5 Å². The van der Waals surface area contributed by atoms with E-state index in [-0.39, 0.29) is 23.4 Å². The molecule has 1 atom stereocenters. The molecule has 3 N–H and O–H groups in total. The van der Waals surface area contributed by atoms with E-state index in [2.05, 4.69) is 25.9 Å². The summed E-state index contributed by atoms with van der Waals surface area (Å²) in [6.45, 7) is 1.85. The molecule has 1 aliphatic rings. The van der Waals surface area contributed by atoms with Gasteiger partial charge in [-0.1, -0.05) is 11.6 Å². The highest BCUT2D eigenvalue weighted by atomic mass is 32.2. The largest absolute Gasteiger partial charge is 0.326 e. The molecule has 1 fully saturated rings. The summed E-state index contributed by atoms with van der Waals surface area (Å²) < 4.78 is 38.9. The fourth-order valence-corrected chi connectivity index (χ4v) is 5.00. The molecule has 1 unspecified atom stereocenters. The molecule has 0 bridgehead atoms. The number of benzene rings is 1. The number of halogens is 1. The quantitative estimate of drug-likeness (QED) is 0.601. The minimum Gasteiger partial charge on any atom is -0.292 e. The molecule has 11 heteroatoms. The number of carbonyl (C=O) groups is 1. The number of carbonyl (C=O) groups excluding carboxylic acids is 1. The van der Waals surface area contributed by atoms with Gasteiger partial charge in [0.1, 0.15) is 11.6 Å². The smallest absolute Gasteiger partial charge is 0.292 e. The lowest BCUT2D eigenvalue weighted by molar-refractivity contribution is 0.262. The Morgan fingerprint density at radius 2 is 2.10 bits per heavy atom. The summed E-state index contributed by atoms with van der Waals surface area (Å²) in [6, 6.07) is 6.94. The first-order valence-electron chi connectivity index (χ1n) is 8.94. The summed E-state index contributed by atoms with van der Waals surface area (Å²) in [6.07, 6.45) is 1.94. The Balaban J connectivity index is 1.45. The number of H-pyrrole nitrogens is 1. The van der Waals surface area contributed by atoms with Gasteiger partial charge in [-0.25, -0.2) is 22.3 Å². The zero-order chi connectivity index (χ0) is 20.6. The highest BCUT2D eigenvalue weighted by Gasteiger charge is 2.31. The molecule has 1 aliphatic heterocycles. The van der Waals surface area contributed by atoms with Crippen LogP contribution >= 0.6 is 0 Å². The Hall–Kier alpha value is -3.21. The number of rotatable bonds is 4. The fraction of sp³-hybridized carbons (Fsp3) is 0.278. The first-order valence-corrected chi connectivity index (χ1v) is 10.8. The highest BCUT2D eigenvalue weighted by Crippen LogP contribution is 2.27. The number of nitrogens with zero attached hydrogens (tertiary/aromatic N) is 3. The predicted octanol–water partition coefficient (Wildman–Crippen LogP) is 2.72. The molecule has 29 heavy (non-hydrogen) atoms. The lowest BCUT2D eigenvalue weighted by Crippen LogP contribution is -2.23. The molecule has 1 saturated heterocycles. The number of aryl methyl sites for hydroxylation is 1. The van der Waals surface area contributed by atoms with Crippen LogP contribution in [0.25, 0.3) is 11.3 Å². The maximum absolute atomic E-state index is 14.0. The molecule has 152 valence electrons. The van der Waals surface area contributed by atoms with Crippen molar-refractivity contribution in [3.8, 4) is 11.3 Å². The highest BCUT2D eigenvalue weighted by molar-refractivity contribution is 7.91. The Bertz CT molecular complexity index is 1170. The number of hydrogen-bond acceptors (Lipinski definition) is 5. The Kier molecular flexibility index (Phi) is 4.82. The molecule has 0 saturated carbocycles. The SMILES string of the molecule is Cc1ccc(F)c(-c2cc(NC(=O)Nc3ccnn3C3CCS(=O)(=O)C3)n[nH]2)c1. The van der Waals surface area contributed by atoms with E-state index in [0.29, 0.717) is 23.5 Å². The van der Waals surface area contributed by atoms with Gasteiger partial charge in [-0.2, -0.15) is 10.2 Å². The van der Waals surface area contributed by atoms with Crippen molar-refractivity contribution in [3.63, 3.8) is 0 Å². The van der Waals surface area contributed by atoms with Crippen molar-refractivity contribution < 1.29 is 17.6 Å². The van der Waals surface area contributed by atoms with Crippen LogP contribution in [-0.4, -0.2) is 45.9 Å². The molecule has 4 rings (SSSR count). The Labute approximate surface area is 166 Å². The van der Waals surface area contributed by atoms with Crippen LogP contribution < -0.4 is 10.6 Å². The van der Waals surface area contributed by atoms with Crippen LogP contribution in [0.5, 0.6) is 0 Å². The van der Waals surface area contributed by atoms with Crippen LogP contribution in [0, 0.1) is 12.7 Å². The lowest BCUT2D eigenvalue weighted by atomic mass is 10.1. The molecular formula is C18H19FN6O3S. The molecule has 1 aromatic carbocycles. The van der Waals surface area contributed by atoms with Crippen molar-refractivity contribution in [2.45, 2.75) is 19.4 Å². The van der Waals surface area contributed by atoms with Gasteiger partial charge in [0.15, 0.2) is 15.7 Å². The number of urea groups is 1. The summed E-state index contributed by atoms with van der Waals surface area (Å²) in [7, 11) is -3.08. The van der Waals surface area contributed by atoms with Crippen LogP contribution in [0.4, 0.5) is 20.8 Å². The molecule has 0 aliphatic carbocycles. The van der Waals surface area contributed by atoms with E-state index < -0.39 is 21.7 Å². The second kappa shape index (κ2) is 7.32. The minimum atomic E-state index is -3.08. The molecule has 0 spiro atoms. The number of amides is 2. The van der Waals surface area contributed by atoms with E-state index >= 15 is 0 Å². The van der Waals surface area contributed by atoms with Crippen LogP contribution in [-0.2, 0) is 9.84 Å². The average molecular weight is 418 g/mol. The van der Waals surface area contributed by atoms with E-state index in [9.17, 15) is 17.6 Å². The van der Waals surface area contributed by atoms with Crippen LogP contribution in [0.2, 0.25) is 0 Å². The number of aromatic nitrogens is 4. The monoisotopic (exact) mass is 418 g/mol. The summed E-state index contributed by atoms with van der Waals surface area (Å²) >= 11 is 0. The standard InChI is InChI=1S/C18H19FN6O3S/c1-11-2-3-14(19)13(8-11)15-9-16(24-23-15)21-18(26)22-17-4-6-20-25(17)12-5-7-29(27,28)10-12/h2-4,6,8-9,12H,5,7,10H2,1H3,(H3,21,22,23,24,26). The molecule has 3 aromatic rings. The number of sulfone groups is 1. The number of anilines is 2. The van der Waals surface area contributed by atoms with Gasteiger partial charge in [0, 0.05) is 17.7 Å². The zero-order valence-electron chi connectivity index (χ0n) is 15.5. The number of hydrogen-bond donors (Lipinski definition) is 3. The molecule has 2 aromatic heterocycles. The molecule has 0 radical (unpaired) electrons. The summed E-state index contributed by atoms with van der Waals surface area (Å²) in [5.74, 6) is 0.300. The van der Waals surface area contributed by atoms with Gasteiger partial charge in [-0.05, 0) is 25.5 Å². The van der Waals surface area contributed by atoms with Crippen molar-refractivity contribution in [2.75, 3.05) is 22.1 Å². The van der Waals surface area contributed by atoms with Crippen molar-refractivity contribution in [2.24, 2.45) is 0 Å². The summed E-state index contributed by atoms with van der Waals surface area (Å²) in [4.78, 5) is 12.3. The van der Waals surface area contributed by atoms with Crippen LogP contribution in [0.3, 0.4) is 0 Å². The molecule has 3 heterocycles. The second-order valence-electron chi connectivity index (χ2n) is 6.95. The first-order chi connectivity index (χ1) is 13.8. The van der Waals surface area contributed by atoms with E-state index in [4.69, 9.17) is 0 Å². The normalized spacial score (nSPS) is 17.9. The zero-order valence-corrected chi connectivity index (χ0v) is 16.3. The maximum Gasteiger partial charge on any atom is 0.326 e. The summed E-state index contributed by atoms with van der Waals surface area (Å²) in [5, 5.41) is 16.0. The van der Waals surface area contributed by atoms with Gasteiger partial charge >= 0.3 is 6.03 Å². The van der Waals surface area contributed by atoms with Crippen molar-refractivity contribution in [3.05, 3.63) is 47.9 Å². The number of aromatic amines is 1. The molecule has 9 nitrogen and oxygen atoms in total. The second-order valence-corrected chi connectivity index (χ2v) is 9.18. The van der Waals surface area contributed by atoms with Crippen LogP contribution in [0.15, 0.2) is 36.5 Å². The topological polar surface area (TPSA) is 122 Å². The third-order valence-corrected chi connectivity index (χ3v) is 6.45. The van der Waals surface area contributed by atoms with E-state index in [1.807, 2.05) is 6.92 Å². The van der Waals surface area contributed by atoms with Gasteiger partial charge in [0.05, 0.1) is 29.4 Å². The Morgan fingerprint density at radius 1 is 1.28 bits per heavy atom. The van der Waals surface area contributed by atoms with Gasteiger partial charge in [-0.15, -0.1) is 0 Å². The van der Waals surface area contributed by atoms with Crippen LogP contribution in [0.1, 0.15) is 18.0 Å². The van der Waals surface area contributed by atoms with Crippen molar-refractivity contribution in [1.29, 1.82) is 0 Å². The van der Waals surface area contributed by atoms with Gasteiger partial charge in [0.2, 0.25) is 0 Å². The third kappa shape index (κ3) is 4.14. The minimum absolute atomic E-state index is 0.00420. The van der Waals surface area contributed by atoms with E-state index in [1.165, 1.54) is 23.0 Å². The Morgan fingerprint density at radius 3 is 2.86 bits per heavy atom.